The van der Waals surface area contributed by atoms with Crippen LogP contribution in [0.3, 0.4) is 0 Å². The standard InChI is InChI=1S/C29H47ClO4/c1-5-8-9-10-11-12-13-14-15-16-17-18-19-22-33-27(31)29(6-2,7-3)28(32)34-26-23-24(4)20-21-25(26)30/h20-21,23H,5-19,22H2,1-4H3. The third kappa shape index (κ3) is 10.8. The van der Waals surface area contributed by atoms with Gasteiger partial charge in [-0.2, -0.15) is 0 Å². The average Bonchev–Trinajstić information content (AvgIpc) is 2.82. The normalized spacial score (nSPS) is 11.4. The Balaban J connectivity index is 2.28. The highest BCUT2D eigenvalue weighted by atomic mass is 35.5. The Hall–Kier alpha value is -1.55. The molecule has 0 spiro atoms. The number of esters is 2. The average molecular weight is 495 g/mol. The fraction of sp³-hybridized carbons (Fsp3) is 0.724. The van der Waals surface area contributed by atoms with E-state index in [1.54, 1.807) is 12.1 Å². The lowest BCUT2D eigenvalue weighted by molar-refractivity contribution is -0.168. The van der Waals surface area contributed by atoms with Crippen molar-refractivity contribution in [3.05, 3.63) is 28.8 Å². The van der Waals surface area contributed by atoms with Gasteiger partial charge in [-0.25, -0.2) is 0 Å². The summed E-state index contributed by atoms with van der Waals surface area (Å²) in [6.45, 7) is 8.12. The molecule has 0 saturated carbocycles. The lowest BCUT2D eigenvalue weighted by atomic mass is 9.82. The van der Waals surface area contributed by atoms with E-state index in [4.69, 9.17) is 21.1 Å². The minimum atomic E-state index is -1.30. The monoisotopic (exact) mass is 494 g/mol. The second kappa shape index (κ2) is 17.8. The van der Waals surface area contributed by atoms with Crippen LogP contribution in [0, 0.1) is 12.3 Å². The Morgan fingerprint density at radius 3 is 1.76 bits per heavy atom. The van der Waals surface area contributed by atoms with Gasteiger partial charge in [-0.15, -0.1) is 0 Å². The van der Waals surface area contributed by atoms with Gasteiger partial charge in [0.2, 0.25) is 0 Å². The molecule has 194 valence electrons. The number of aryl methyl sites for hydroxylation is 1. The van der Waals surface area contributed by atoms with Crippen LogP contribution in [0.5, 0.6) is 5.75 Å². The molecule has 0 amide bonds. The molecule has 0 unspecified atom stereocenters. The van der Waals surface area contributed by atoms with Crippen LogP contribution < -0.4 is 4.74 Å². The number of halogens is 1. The predicted molar refractivity (Wildman–Crippen MR) is 141 cm³/mol. The number of hydrogen-bond donors (Lipinski definition) is 0. The lowest BCUT2D eigenvalue weighted by Crippen LogP contribution is -2.42. The number of unbranched alkanes of at least 4 members (excludes halogenated alkanes) is 12. The Bertz CT molecular complexity index is 712. The van der Waals surface area contributed by atoms with Crippen molar-refractivity contribution in [2.24, 2.45) is 5.41 Å². The summed E-state index contributed by atoms with van der Waals surface area (Å²) >= 11 is 6.17. The van der Waals surface area contributed by atoms with E-state index in [-0.39, 0.29) is 5.75 Å². The molecular formula is C29H47ClO4. The van der Waals surface area contributed by atoms with Gasteiger partial charge < -0.3 is 9.47 Å². The number of carbonyl (C=O) groups is 2. The first-order chi connectivity index (χ1) is 16.4. The van der Waals surface area contributed by atoms with Crippen LogP contribution in [-0.4, -0.2) is 18.5 Å². The van der Waals surface area contributed by atoms with E-state index in [9.17, 15) is 9.59 Å². The fourth-order valence-corrected chi connectivity index (χ4v) is 4.38. The Labute approximate surface area is 213 Å². The van der Waals surface area contributed by atoms with Gasteiger partial charge in [0.05, 0.1) is 11.6 Å². The summed E-state index contributed by atoms with van der Waals surface area (Å²) in [5.41, 5.74) is -0.375. The fourth-order valence-electron chi connectivity index (χ4n) is 4.22. The van der Waals surface area contributed by atoms with Gasteiger partial charge in [0, 0.05) is 0 Å². The minimum absolute atomic E-state index is 0.280. The first-order valence-corrected chi connectivity index (χ1v) is 13.9. The molecule has 0 fully saturated rings. The molecule has 34 heavy (non-hydrogen) atoms. The van der Waals surface area contributed by atoms with Crippen LogP contribution in [0.4, 0.5) is 0 Å². The summed E-state index contributed by atoms with van der Waals surface area (Å²) in [6, 6.07) is 5.23. The zero-order valence-electron chi connectivity index (χ0n) is 22.1. The van der Waals surface area contributed by atoms with Gasteiger partial charge in [-0.3, -0.25) is 9.59 Å². The smallest absolute Gasteiger partial charge is 0.328 e. The van der Waals surface area contributed by atoms with Gasteiger partial charge in [0.25, 0.3) is 0 Å². The number of ether oxygens (including phenoxy) is 2. The molecule has 4 nitrogen and oxygen atoms in total. The zero-order chi connectivity index (χ0) is 25.2. The van der Waals surface area contributed by atoms with Gasteiger partial charge in [-0.05, 0) is 43.9 Å². The topological polar surface area (TPSA) is 52.6 Å². The first kappa shape index (κ1) is 30.5. The molecule has 0 aliphatic heterocycles. The van der Waals surface area contributed by atoms with Crippen LogP contribution in [-0.2, 0) is 14.3 Å². The molecule has 0 aliphatic rings. The van der Waals surface area contributed by atoms with Crippen molar-refractivity contribution in [1.82, 2.24) is 0 Å². The molecule has 1 aromatic rings. The van der Waals surface area contributed by atoms with Crippen molar-refractivity contribution in [2.45, 2.75) is 124 Å². The zero-order valence-corrected chi connectivity index (χ0v) is 22.8. The molecule has 0 radical (unpaired) electrons. The second-order valence-corrected chi connectivity index (χ2v) is 9.90. The third-order valence-corrected chi connectivity index (χ3v) is 7.07. The Morgan fingerprint density at radius 2 is 1.26 bits per heavy atom. The highest BCUT2D eigenvalue weighted by Crippen LogP contribution is 2.33. The summed E-state index contributed by atoms with van der Waals surface area (Å²) < 4.78 is 11.1. The van der Waals surface area contributed by atoms with Gasteiger partial charge in [-0.1, -0.05) is 115 Å². The van der Waals surface area contributed by atoms with E-state index in [0.717, 1.165) is 24.8 Å². The quantitative estimate of drug-likeness (QED) is 0.0832. The maximum absolute atomic E-state index is 13.0. The largest absolute Gasteiger partial charge is 0.465 e. The Kier molecular flexibility index (Phi) is 16.0. The summed E-state index contributed by atoms with van der Waals surface area (Å²) in [6.07, 6.45) is 17.1. The summed E-state index contributed by atoms with van der Waals surface area (Å²) in [7, 11) is 0. The van der Waals surface area contributed by atoms with Crippen molar-refractivity contribution >= 4 is 23.5 Å². The molecule has 0 saturated heterocycles. The molecule has 0 atom stereocenters. The van der Waals surface area contributed by atoms with E-state index in [1.807, 2.05) is 26.8 Å². The lowest BCUT2D eigenvalue weighted by Gasteiger charge is -2.27. The maximum Gasteiger partial charge on any atom is 0.328 e. The van der Waals surface area contributed by atoms with E-state index >= 15 is 0 Å². The molecule has 0 aromatic heterocycles. The Morgan fingerprint density at radius 1 is 0.765 bits per heavy atom. The summed E-state index contributed by atoms with van der Waals surface area (Å²) in [5.74, 6) is -0.812. The third-order valence-electron chi connectivity index (χ3n) is 6.76. The van der Waals surface area contributed by atoms with Crippen LogP contribution in [0.25, 0.3) is 0 Å². The van der Waals surface area contributed by atoms with Crippen molar-refractivity contribution in [1.29, 1.82) is 0 Å². The highest BCUT2D eigenvalue weighted by molar-refractivity contribution is 6.32. The number of rotatable bonds is 19. The van der Waals surface area contributed by atoms with Crippen LogP contribution in [0.15, 0.2) is 18.2 Å². The van der Waals surface area contributed by atoms with Crippen molar-refractivity contribution in [3.8, 4) is 5.75 Å². The molecule has 0 heterocycles. The number of hydrogen-bond acceptors (Lipinski definition) is 4. The summed E-state index contributed by atoms with van der Waals surface area (Å²) in [4.78, 5) is 25.8. The van der Waals surface area contributed by atoms with Crippen LogP contribution in [0.1, 0.15) is 123 Å². The molecule has 0 N–H and O–H groups in total. The predicted octanol–water partition coefficient (Wildman–Crippen LogP) is 8.99. The molecular weight excluding hydrogens is 448 g/mol. The van der Waals surface area contributed by atoms with Gasteiger partial charge in [0.15, 0.2) is 5.41 Å². The van der Waals surface area contributed by atoms with Gasteiger partial charge in [0.1, 0.15) is 5.75 Å². The summed E-state index contributed by atoms with van der Waals surface area (Å²) in [5, 5.41) is 0.348. The number of carbonyl (C=O) groups excluding carboxylic acids is 2. The first-order valence-electron chi connectivity index (χ1n) is 13.6. The molecule has 5 heteroatoms. The SMILES string of the molecule is CCCCCCCCCCCCCCCOC(=O)C(CC)(CC)C(=O)Oc1cc(C)ccc1Cl. The van der Waals surface area contributed by atoms with Gasteiger partial charge >= 0.3 is 11.9 Å². The van der Waals surface area contributed by atoms with E-state index in [2.05, 4.69) is 6.92 Å². The van der Waals surface area contributed by atoms with Crippen LogP contribution in [0.2, 0.25) is 5.02 Å². The van der Waals surface area contributed by atoms with Crippen molar-refractivity contribution in [2.75, 3.05) is 6.61 Å². The van der Waals surface area contributed by atoms with Crippen molar-refractivity contribution < 1.29 is 19.1 Å². The maximum atomic E-state index is 13.0. The highest BCUT2D eigenvalue weighted by Gasteiger charge is 2.46. The molecule has 0 bridgehead atoms. The molecule has 0 aliphatic carbocycles. The molecule has 1 aromatic carbocycles. The van der Waals surface area contributed by atoms with E-state index < -0.39 is 17.4 Å². The molecule has 1 rings (SSSR count). The van der Waals surface area contributed by atoms with E-state index in [1.165, 1.54) is 64.2 Å². The number of benzene rings is 1. The van der Waals surface area contributed by atoms with Crippen molar-refractivity contribution in [3.63, 3.8) is 0 Å². The second-order valence-electron chi connectivity index (χ2n) is 9.49. The van der Waals surface area contributed by atoms with Crippen LogP contribution >= 0.6 is 11.6 Å². The minimum Gasteiger partial charge on any atom is -0.465 e. The van der Waals surface area contributed by atoms with E-state index in [0.29, 0.717) is 24.5 Å².